The monoisotopic (exact) mass is 264 g/mol. The van der Waals surface area contributed by atoms with Gasteiger partial charge in [-0.1, -0.05) is 0 Å². The maximum absolute atomic E-state index is 10.9. The quantitative estimate of drug-likeness (QED) is 0.762. The van der Waals surface area contributed by atoms with Gasteiger partial charge in [-0.25, -0.2) is 0 Å². The Labute approximate surface area is 110 Å². The molecule has 0 atom stereocenters. The highest BCUT2D eigenvalue weighted by atomic mass is 32.1. The van der Waals surface area contributed by atoms with Crippen molar-refractivity contribution in [3.63, 3.8) is 0 Å². The van der Waals surface area contributed by atoms with Crippen LogP contribution in [0, 0.1) is 0 Å². The first-order valence-corrected chi connectivity index (χ1v) is 6.59. The minimum atomic E-state index is -0.368. The molecule has 0 bridgehead atoms. The number of carbonyl (C=O) groups is 1. The molecular weight excluding hydrogens is 248 g/mol. The molecular formula is C12H16N4OS. The molecule has 0 saturated heterocycles. The van der Waals surface area contributed by atoms with Crippen LogP contribution in [0.5, 0.6) is 0 Å². The molecule has 0 saturated carbocycles. The second-order valence-corrected chi connectivity index (χ2v) is 5.03. The van der Waals surface area contributed by atoms with E-state index in [0.717, 1.165) is 24.4 Å². The fraction of sp³-hybridized carbons (Fsp3) is 0.333. The number of thiophene rings is 1. The van der Waals surface area contributed by atoms with Gasteiger partial charge in [0, 0.05) is 48.7 Å². The number of nitrogens with one attached hydrogen (secondary N) is 1. The first kappa shape index (κ1) is 12.8. The molecule has 0 radical (unpaired) electrons. The molecule has 0 unspecified atom stereocenters. The van der Waals surface area contributed by atoms with Crippen molar-refractivity contribution in [3.8, 4) is 0 Å². The molecule has 0 aromatic carbocycles. The van der Waals surface area contributed by atoms with Gasteiger partial charge in [0.2, 0.25) is 5.91 Å². The predicted molar refractivity (Wildman–Crippen MR) is 71.5 cm³/mol. The highest BCUT2D eigenvalue weighted by molar-refractivity contribution is 7.10. The molecule has 0 spiro atoms. The van der Waals surface area contributed by atoms with Gasteiger partial charge in [0.05, 0.1) is 5.56 Å². The third kappa shape index (κ3) is 3.18. The van der Waals surface area contributed by atoms with Crippen molar-refractivity contribution in [1.29, 1.82) is 0 Å². The molecule has 3 N–H and O–H groups in total. The molecule has 2 rings (SSSR count). The van der Waals surface area contributed by atoms with E-state index >= 15 is 0 Å². The molecule has 2 heterocycles. The second-order valence-electron chi connectivity index (χ2n) is 4.04. The molecule has 0 aliphatic heterocycles. The first-order valence-electron chi connectivity index (χ1n) is 5.71. The third-order valence-electron chi connectivity index (χ3n) is 2.72. The lowest BCUT2D eigenvalue weighted by atomic mass is 10.3. The number of nitrogens with zero attached hydrogens (tertiary/aromatic N) is 2. The highest BCUT2D eigenvalue weighted by Crippen LogP contribution is 2.13. The van der Waals surface area contributed by atoms with E-state index in [9.17, 15) is 4.79 Å². The van der Waals surface area contributed by atoms with Crippen LogP contribution in [-0.4, -0.2) is 22.2 Å². The molecule has 96 valence electrons. The van der Waals surface area contributed by atoms with Crippen LogP contribution in [0.2, 0.25) is 0 Å². The Morgan fingerprint density at radius 1 is 1.61 bits per heavy atom. The number of amides is 1. The van der Waals surface area contributed by atoms with Crippen LogP contribution in [0.15, 0.2) is 23.7 Å². The summed E-state index contributed by atoms with van der Waals surface area (Å²) >= 11 is 1.55. The van der Waals surface area contributed by atoms with Crippen LogP contribution < -0.4 is 11.1 Å². The van der Waals surface area contributed by atoms with Crippen molar-refractivity contribution in [1.82, 2.24) is 15.1 Å². The number of carbonyl (C=O) groups excluding carboxylic acids is 1. The fourth-order valence-corrected chi connectivity index (χ4v) is 2.52. The lowest BCUT2D eigenvalue weighted by Gasteiger charge is -2.03. The predicted octanol–water partition coefficient (Wildman–Crippen LogP) is 0.913. The third-order valence-corrected chi connectivity index (χ3v) is 3.65. The van der Waals surface area contributed by atoms with Crippen LogP contribution >= 0.6 is 11.3 Å². The zero-order valence-corrected chi connectivity index (χ0v) is 11.0. The van der Waals surface area contributed by atoms with E-state index in [4.69, 9.17) is 5.73 Å². The van der Waals surface area contributed by atoms with Gasteiger partial charge in [0.1, 0.15) is 0 Å². The van der Waals surface area contributed by atoms with Crippen molar-refractivity contribution in [2.24, 2.45) is 12.8 Å². The van der Waals surface area contributed by atoms with E-state index in [1.807, 2.05) is 23.9 Å². The average Bonchev–Trinajstić information content (AvgIpc) is 2.94. The number of nitrogens with two attached hydrogens (primary N) is 1. The summed E-state index contributed by atoms with van der Waals surface area (Å²) < 4.78 is 1.87. The minimum absolute atomic E-state index is 0.368. The van der Waals surface area contributed by atoms with Crippen LogP contribution in [0.3, 0.4) is 0 Å². The zero-order valence-electron chi connectivity index (χ0n) is 10.2. The average molecular weight is 264 g/mol. The molecule has 0 aliphatic carbocycles. The Morgan fingerprint density at radius 3 is 3.06 bits per heavy atom. The van der Waals surface area contributed by atoms with E-state index in [1.165, 1.54) is 5.69 Å². The number of rotatable bonds is 6. The Kier molecular flexibility index (Phi) is 4.11. The Balaban J connectivity index is 1.75. The van der Waals surface area contributed by atoms with Crippen LogP contribution in [0.4, 0.5) is 0 Å². The molecule has 18 heavy (non-hydrogen) atoms. The smallest absolute Gasteiger partial charge is 0.249 e. The van der Waals surface area contributed by atoms with E-state index < -0.39 is 0 Å². The van der Waals surface area contributed by atoms with Gasteiger partial charge in [-0.3, -0.25) is 9.48 Å². The maximum atomic E-state index is 10.9. The Bertz CT molecular complexity index is 532. The largest absolute Gasteiger partial charge is 0.366 e. The van der Waals surface area contributed by atoms with Crippen molar-refractivity contribution in [2.45, 2.75) is 13.0 Å². The summed E-state index contributed by atoms with van der Waals surface area (Å²) in [6.45, 7) is 1.64. The molecule has 6 heteroatoms. The topological polar surface area (TPSA) is 72.9 Å². The van der Waals surface area contributed by atoms with Crippen molar-refractivity contribution < 1.29 is 4.79 Å². The van der Waals surface area contributed by atoms with Gasteiger partial charge in [0.15, 0.2) is 0 Å². The van der Waals surface area contributed by atoms with Gasteiger partial charge in [-0.05, 0) is 12.1 Å². The fourth-order valence-electron chi connectivity index (χ4n) is 1.68. The SMILES string of the molecule is Cn1nccc1CCNCc1cc(C(N)=O)cs1. The zero-order chi connectivity index (χ0) is 13.0. The first-order chi connectivity index (χ1) is 8.66. The number of aryl methyl sites for hydroxylation is 1. The standard InChI is InChI=1S/C12H16N4OS/c1-16-10(3-5-15-16)2-4-14-7-11-6-9(8-18-11)12(13)17/h3,5-6,8,14H,2,4,7H2,1H3,(H2,13,17). The molecule has 5 nitrogen and oxygen atoms in total. The molecule has 2 aromatic rings. The maximum Gasteiger partial charge on any atom is 0.249 e. The minimum Gasteiger partial charge on any atom is -0.366 e. The van der Waals surface area contributed by atoms with Crippen LogP contribution in [0.1, 0.15) is 20.9 Å². The van der Waals surface area contributed by atoms with E-state index in [2.05, 4.69) is 10.4 Å². The van der Waals surface area contributed by atoms with E-state index in [1.54, 1.807) is 22.9 Å². The molecule has 1 amide bonds. The summed E-state index contributed by atoms with van der Waals surface area (Å²) in [5.41, 5.74) is 6.99. The Morgan fingerprint density at radius 2 is 2.44 bits per heavy atom. The summed E-state index contributed by atoms with van der Waals surface area (Å²) in [7, 11) is 1.94. The number of primary amides is 1. The van der Waals surface area contributed by atoms with Gasteiger partial charge < -0.3 is 11.1 Å². The lowest BCUT2D eigenvalue weighted by Crippen LogP contribution is -2.17. The van der Waals surface area contributed by atoms with Crippen molar-refractivity contribution in [2.75, 3.05) is 6.54 Å². The molecule has 0 fully saturated rings. The van der Waals surface area contributed by atoms with Gasteiger partial charge >= 0.3 is 0 Å². The van der Waals surface area contributed by atoms with Crippen LogP contribution in [-0.2, 0) is 20.0 Å². The summed E-state index contributed by atoms with van der Waals surface area (Å²) in [6.07, 6.45) is 2.73. The normalized spacial score (nSPS) is 10.7. The summed E-state index contributed by atoms with van der Waals surface area (Å²) in [4.78, 5) is 12.1. The van der Waals surface area contributed by atoms with Gasteiger partial charge in [0.25, 0.3) is 0 Å². The van der Waals surface area contributed by atoms with Gasteiger partial charge in [-0.15, -0.1) is 11.3 Å². The Hall–Kier alpha value is -1.66. The highest BCUT2D eigenvalue weighted by Gasteiger charge is 2.04. The summed E-state index contributed by atoms with van der Waals surface area (Å²) in [5, 5.41) is 9.24. The van der Waals surface area contributed by atoms with Gasteiger partial charge in [-0.2, -0.15) is 5.10 Å². The number of aromatic nitrogens is 2. The van der Waals surface area contributed by atoms with Crippen molar-refractivity contribution in [3.05, 3.63) is 39.8 Å². The summed E-state index contributed by atoms with van der Waals surface area (Å²) in [6, 6.07) is 3.85. The lowest BCUT2D eigenvalue weighted by molar-refractivity contribution is 0.100. The second kappa shape index (κ2) is 5.79. The number of hydrogen-bond donors (Lipinski definition) is 2. The molecule has 2 aromatic heterocycles. The number of hydrogen-bond acceptors (Lipinski definition) is 4. The molecule has 0 aliphatic rings. The van der Waals surface area contributed by atoms with Crippen molar-refractivity contribution >= 4 is 17.2 Å². The van der Waals surface area contributed by atoms with Crippen LogP contribution in [0.25, 0.3) is 0 Å². The van der Waals surface area contributed by atoms with E-state index in [-0.39, 0.29) is 5.91 Å². The van der Waals surface area contributed by atoms with E-state index in [0.29, 0.717) is 5.56 Å². The summed E-state index contributed by atoms with van der Waals surface area (Å²) in [5.74, 6) is -0.368.